The van der Waals surface area contributed by atoms with Crippen LogP contribution in [0.5, 0.6) is 0 Å². The molecule has 0 saturated carbocycles. The van der Waals surface area contributed by atoms with Crippen LogP contribution in [0.25, 0.3) is 0 Å². The summed E-state index contributed by atoms with van der Waals surface area (Å²) >= 11 is 0. The maximum Gasteiger partial charge on any atom is 0.239 e. The molecule has 1 aromatic rings. The fourth-order valence-electron chi connectivity index (χ4n) is 1.95. The van der Waals surface area contributed by atoms with Gasteiger partial charge in [-0.3, -0.25) is 4.79 Å². The Labute approximate surface area is 108 Å². The van der Waals surface area contributed by atoms with Gasteiger partial charge in [-0.2, -0.15) is 0 Å². The molecule has 0 aliphatic heterocycles. The van der Waals surface area contributed by atoms with Gasteiger partial charge in [-0.05, 0) is 32.4 Å². The van der Waals surface area contributed by atoms with E-state index in [0.717, 1.165) is 22.6 Å². The molecule has 0 aliphatic rings. The molecule has 0 aliphatic carbocycles. The summed E-state index contributed by atoms with van der Waals surface area (Å²) in [6, 6.07) is 2.01. The first-order valence-corrected chi connectivity index (χ1v) is 6.14. The maximum atomic E-state index is 11.6. The SMILES string of the molecule is CCNC(=O)CN(C)c1nc(C)cc(C)c1CN. The number of aromatic nitrogens is 1. The fraction of sp³-hybridized carbons (Fsp3) is 0.538. The van der Waals surface area contributed by atoms with Gasteiger partial charge in [0.2, 0.25) is 5.91 Å². The highest BCUT2D eigenvalue weighted by Crippen LogP contribution is 2.20. The van der Waals surface area contributed by atoms with Crippen LogP contribution < -0.4 is 16.0 Å². The molecule has 0 spiro atoms. The number of nitrogens with one attached hydrogen (secondary N) is 1. The number of hydrogen-bond donors (Lipinski definition) is 2. The maximum absolute atomic E-state index is 11.6. The number of aryl methyl sites for hydroxylation is 2. The van der Waals surface area contributed by atoms with E-state index < -0.39 is 0 Å². The van der Waals surface area contributed by atoms with E-state index in [1.165, 1.54) is 0 Å². The van der Waals surface area contributed by atoms with Crippen LogP contribution >= 0.6 is 0 Å². The molecule has 1 rings (SSSR count). The van der Waals surface area contributed by atoms with Gasteiger partial charge in [0.1, 0.15) is 5.82 Å². The zero-order valence-electron chi connectivity index (χ0n) is 11.6. The Morgan fingerprint density at radius 2 is 2.17 bits per heavy atom. The molecule has 0 fully saturated rings. The second-order valence-electron chi connectivity index (χ2n) is 4.40. The summed E-state index contributed by atoms with van der Waals surface area (Å²) < 4.78 is 0. The normalized spacial score (nSPS) is 10.3. The number of carbonyl (C=O) groups excluding carboxylic acids is 1. The number of hydrogen-bond acceptors (Lipinski definition) is 4. The van der Waals surface area contributed by atoms with E-state index >= 15 is 0 Å². The van der Waals surface area contributed by atoms with Crippen LogP contribution in [0.2, 0.25) is 0 Å². The van der Waals surface area contributed by atoms with Gasteiger partial charge in [-0.1, -0.05) is 0 Å². The smallest absolute Gasteiger partial charge is 0.239 e. The average molecular weight is 250 g/mol. The second-order valence-corrected chi connectivity index (χ2v) is 4.40. The topological polar surface area (TPSA) is 71.2 Å². The van der Waals surface area contributed by atoms with Crippen LogP contribution in [-0.4, -0.2) is 31.0 Å². The third-order valence-corrected chi connectivity index (χ3v) is 2.77. The number of rotatable bonds is 5. The predicted octanol–water partition coefficient (Wildman–Crippen LogP) is 0.729. The molecule has 1 amide bonds. The Bertz CT molecular complexity index is 431. The molecule has 0 unspecified atom stereocenters. The van der Waals surface area contributed by atoms with Crippen molar-refractivity contribution < 1.29 is 4.79 Å². The lowest BCUT2D eigenvalue weighted by molar-refractivity contribution is -0.119. The standard InChI is InChI=1S/C13H22N4O/c1-5-15-12(18)8-17(4)13-11(7-14)9(2)6-10(3)16-13/h6H,5,7-8,14H2,1-4H3,(H,15,18). The molecule has 18 heavy (non-hydrogen) atoms. The monoisotopic (exact) mass is 250 g/mol. The molecular weight excluding hydrogens is 228 g/mol. The highest BCUT2D eigenvalue weighted by atomic mass is 16.2. The van der Waals surface area contributed by atoms with Gasteiger partial charge in [0.25, 0.3) is 0 Å². The average Bonchev–Trinajstić information content (AvgIpc) is 2.28. The third-order valence-electron chi connectivity index (χ3n) is 2.77. The van der Waals surface area contributed by atoms with Crippen molar-refractivity contribution in [3.63, 3.8) is 0 Å². The Balaban J connectivity index is 2.97. The first kappa shape index (κ1) is 14.4. The van der Waals surface area contributed by atoms with Gasteiger partial charge in [0, 0.05) is 31.4 Å². The largest absolute Gasteiger partial charge is 0.355 e. The molecule has 5 nitrogen and oxygen atoms in total. The van der Waals surface area contributed by atoms with Crippen molar-refractivity contribution in [3.05, 3.63) is 22.9 Å². The number of anilines is 1. The molecule has 3 N–H and O–H groups in total. The number of carbonyl (C=O) groups is 1. The third kappa shape index (κ3) is 3.43. The molecule has 1 aromatic heterocycles. The summed E-state index contributed by atoms with van der Waals surface area (Å²) in [5.74, 6) is 0.783. The Morgan fingerprint density at radius 3 is 2.72 bits per heavy atom. The number of nitrogens with two attached hydrogens (primary N) is 1. The van der Waals surface area contributed by atoms with Crippen molar-refractivity contribution in [3.8, 4) is 0 Å². The fourth-order valence-corrected chi connectivity index (χ4v) is 1.95. The first-order chi connectivity index (χ1) is 8.49. The first-order valence-electron chi connectivity index (χ1n) is 6.14. The van der Waals surface area contributed by atoms with Gasteiger partial charge in [-0.25, -0.2) is 4.98 Å². The number of pyridine rings is 1. The Hall–Kier alpha value is -1.62. The van der Waals surface area contributed by atoms with E-state index in [4.69, 9.17) is 5.73 Å². The summed E-state index contributed by atoms with van der Waals surface area (Å²) in [5.41, 5.74) is 8.80. The van der Waals surface area contributed by atoms with Crippen LogP contribution in [0.4, 0.5) is 5.82 Å². The van der Waals surface area contributed by atoms with Crippen molar-refractivity contribution in [1.29, 1.82) is 0 Å². The molecule has 1 heterocycles. The van der Waals surface area contributed by atoms with Crippen molar-refractivity contribution in [1.82, 2.24) is 10.3 Å². The second kappa shape index (κ2) is 6.35. The quantitative estimate of drug-likeness (QED) is 0.808. The van der Waals surface area contributed by atoms with Gasteiger partial charge in [0.15, 0.2) is 0 Å². The lowest BCUT2D eigenvalue weighted by Gasteiger charge is -2.22. The summed E-state index contributed by atoms with van der Waals surface area (Å²) in [6.07, 6.45) is 0. The van der Waals surface area contributed by atoms with Gasteiger partial charge >= 0.3 is 0 Å². The highest BCUT2D eigenvalue weighted by Gasteiger charge is 2.14. The van der Waals surface area contributed by atoms with Gasteiger partial charge < -0.3 is 16.0 Å². The Morgan fingerprint density at radius 1 is 1.50 bits per heavy atom. The molecule has 0 atom stereocenters. The van der Waals surface area contributed by atoms with E-state index in [9.17, 15) is 4.79 Å². The number of likely N-dealkylation sites (N-methyl/N-ethyl adjacent to an activating group) is 2. The van der Waals surface area contributed by atoms with Gasteiger partial charge in [-0.15, -0.1) is 0 Å². The minimum absolute atomic E-state index is 0.0102. The van der Waals surface area contributed by atoms with Crippen molar-refractivity contribution in [2.45, 2.75) is 27.3 Å². The predicted molar refractivity (Wildman–Crippen MR) is 73.6 cm³/mol. The lowest BCUT2D eigenvalue weighted by atomic mass is 10.1. The Kier molecular flexibility index (Phi) is 5.09. The molecule has 0 radical (unpaired) electrons. The van der Waals surface area contributed by atoms with Gasteiger partial charge in [0.05, 0.1) is 6.54 Å². The van der Waals surface area contributed by atoms with Crippen molar-refractivity contribution >= 4 is 11.7 Å². The van der Waals surface area contributed by atoms with Crippen LogP contribution in [0.3, 0.4) is 0 Å². The lowest BCUT2D eigenvalue weighted by Crippen LogP contribution is -2.36. The molecule has 100 valence electrons. The van der Waals surface area contributed by atoms with Crippen LogP contribution in [0.15, 0.2) is 6.07 Å². The van der Waals surface area contributed by atoms with Crippen LogP contribution in [0, 0.1) is 13.8 Å². The molecule has 0 bridgehead atoms. The minimum atomic E-state index is -0.0102. The minimum Gasteiger partial charge on any atom is -0.355 e. The molecule has 0 aromatic carbocycles. The van der Waals surface area contributed by atoms with E-state index in [1.54, 1.807) is 0 Å². The van der Waals surface area contributed by atoms with E-state index in [-0.39, 0.29) is 12.5 Å². The van der Waals surface area contributed by atoms with Crippen LogP contribution in [-0.2, 0) is 11.3 Å². The van der Waals surface area contributed by atoms with E-state index in [2.05, 4.69) is 10.3 Å². The number of nitrogens with zero attached hydrogens (tertiary/aromatic N) is 2. The molecular formula is C13H22N4O. The van der Waals surface area contributed by atoms with Crippen molar-refractivity contribution in [2.24, 2.45) is 5.73 Å². The number of amides is 1. The van der Waals surface area contributed by atoms with E-state index in [0.29, 0.717) is 13.1 Å². The van der Waals surface area contributed by atoms with E-state index in [1.807, 2.05) is 38.8 Å². The molecule has 5 heteroatoms. The molecule has 0 saturated heterocycles. The summed E-state index contributed by atoms with van der Waals surface area (Å²) in [7, 11) is 1.86. The summed E-state index contributed by atoms with van der Waals surface area (Å²) in [5, 5.41) is 2.77. The zero-order chi connectivity index (χ0) is 13.7. The zero-order valence-corrected chi connectivity index (χ0v) is 11.6. The van der Waals surface area contributed by atoms with Crippen molar-refractivity contribution in [2.75, 3.05) is 25.0 Å². The summed E-state index contributed by atoms with van der Waals surface area (Å²) in [4.78, 5) is 17.9. The highest BCUT2D eigenvalue weighted by molar-refractivity contribution is 5.81. The van der Waals surface area contributed by atoms with Crippen LogP contribution in [0.1, 0.15) is 23.7 Å². The summed E-state index contributed by atoms with van der Waals surface area (Å²) in [6.45, 7) is 7.21.